The van der Waals surface area contributed by atoms with E-state index < -0.39 is 0 Å². The van der Waals surface area contributed by atoms with E-state index in [1.54, 1.807) is 0 Å². The summed E-state index contributed by atoms with van der Waals surface area (Å²) in [5.74, 6) is 0. The Morgan fingerprint density at radius 1 is 0.273 bits per heavy atom. The van der Waals surface area contributed by atoms with Crippen LogP contribution in [-0.4, -0.2) is 86.1 Å². The minimum absolute atomic E-state index is 0.326. The molecule has 0 amide bonds. The van der Waals surface area contributed by atoms with Gasteiger partial charge in [0.05, 0.1) is 66.1 Å². The molecule has 0 saturated carbocycles. The molecule has 0 bridgehead atoms. The van der Waals surface area contributed by atoms with Gasteiger partial charge in [-0.2, -0.15) is 0 Å². The summed E-state index contributed by atoms with van der Waals surface area (Å²) in [5, 5.41) is 0. The molecule has 0 radical (unpaired) electrons. The molecule has 1 rings (SSSR count). The Hall–Kier alpha value is -0.280. The van der Waals surface area contributed by atoms with Crippen LogP contribution in [0.25, 0.3) is 0 Å². The van der Waals surface area contributed by atoms with Crippen molar-refractivity contribution in [3.63, 3.8) is 0 Å². The fraction of sp³-hybridized carbons (Fsp3) is 1.00. The first-order chi connectivity index (χ1) is 11.0. The van der Waals surface area contributed by atoms with Crippen molar-refractivity contribution in [2.24, 2.45) is 0 Å². The lowest BCUT2D eigenvalue weighted by Crippen LogP contribution is -2.14. The van der Waals surface area contributed by atoms with E-state index in [0.29, 0.717) is 86.1 Å². The van der Waals surface area contributed by atoms with Crippen LogP contribution in [-0.2, 0) is 33.2 Å². The van der Waals surface area contributed by atoms with Gasteiger partial charge in [0, 0.05) is 13.2 Å². The van der Waals surface area contributed by atoms with Crippen LogP contribution in [0.1, 0.15) is 12.8 Å². The SMILES string of the molecule is C1COCCOCCOCCOCCOCCCOCOC1. The summed E-state index contributed by atoms with van der Waals surface area (Å²) in [6.07, 6.45) is 1.71. The van der Waals surface area contributed by atoms with Crippen molar-refractivity contribution < 1.29 is 33.2 Å². The van der Waals surface area contributed by atoms with Gasteiger partial charge in [-0.25, -0.2) is 0 Å². The Morgan fingerprint density at radius 2 is 0.545 bits per heavy atom. The van der Waals surface area contributed by atoms with E-state index in [4.69, 9.17) is 33.2 Å². The molecule has 0 spiro atoms. The van der Waals surface area contributed by atoms with E-state index in [0.717, 1.165) is 12.8 Å². The summed E-state index contributed by atoms with van der Waals surface area (Å²) < 4.78 is 37.7. The monoisotopic (exact) mass is 322 g/mol. The molecule has 0 aliphatic carbocycles. The molecule has 22 heavy (non-hydrogen) atoms. The van der Waals surface area contributed by atoms with E-state index in [9.17, 15) is 0 Å². The molecule has 0 unspecified atom stereocenters. The van der Waals surface area contributed by atoms with E-state index >= 15 is 0 Å². The van der Waals surface area contributed by atoms with Gasteiger partial charge >= 0.3 is 0 Å². The maximum atomic E-state index is 5.42. The summed E-state index contributed by atoms with van der Waals surface area (Å²) in [5.41, 5.74) is 0. The molecule has 1 aliphatic heterocycles. The van der Waals surface area contributed by atoms with Crippen LogP contribution in [0.5, 0.6) is 0 Å². The Balaban J connectivity index is 2.00. The topological polar surface area (TPSA) is 64.6 Å². The van der Waals surface area contributed by atoms with Gasteiger partial charge in [0.25, 0.3) is 0 Å². The second kappa shape index (κ2) is 17.1. The first-order valence-corrected chi connectivity index (χ1v) is 8.04. The highest BCUT2D eigenvalue weighted by atomic mass is 16.7. The highest BCUT2D eigenvalue weighted by molar-refractivity contribution is 4.39. The number of hydrogen-bond acceptors (Lipinski definition) is 7. The van der Waals surface area contributed by atoms with E-state index in [2.05, 4.69) is 0 Å². The molecule has 7 nitrogen and oxygen atoms in total. The third kappa shape index (κ3) is 14.6. The van der Waals surface area contributed by atoms with Crippen LogP contribution in [0.2, 0.25) is 0 Å². The third-order valence-electron chi connectivity index (χ3n) is 2.81. The first kappa shape index (κ1) is 19.8. The zero-order valence-electron chi connectivity index (χ0n) is 13.5. The summed E-state index contributed by atoms with van der Waals surface area (Å²) in [4.78, 5) is 0. The van der Waals surface area contributed by atoms with E-state index in [1.807, 2.05) is 0 Å². The normalized spacial score (nSPS) is 24.0. The Bertz CT molecular complexity index is 118. The highest BCUT2D eigenvalue weighted by Crippen LogP contribution is 1.90. The van der Waals surface area contributed by atoms with Gasteiger partial charge in [0.1, 0.15) is 6.79 Å². The molecular formula is C15H30O7. The van der Waals surface area contributed by atoms with Gasteiger partial charge < -0.3 is 33.2 Å². The third-order valence-corrected chi connectivity index (χ3v) is 2.81. The van der Waals surface area contributed by atoms with Crippen molar-refractivity contribution in [1.82, 2.24) is 0 Å². The van der Waals surface area contributed by atoms with Crippen LogP contribution in [0.15, 0.2) is 0 Å². The molecule has 1 heterocycles. The molecule has 0 aromatic heterocycles. The molecule has 0 aromatic carbocycles. The average molecular weight is 322 g/mol. The predicted octanol–water partition coefficient (Wildman–Crippen LogP) is 0.854. The van der Waals surface area contributed by atoms with Gasteiger partial charge in [0.2, 0.25) is 0 Å². The number of rotatable bonds is 0. The smallest absolute Gasteiger partial charge is 0.146 e. The van der Waals surface area contributed by atoms with Crippen molar-refractivity contribution in [2.45, 2.75) is 12.8 Å². The van der Waals surface area contributed by atoms with Gasteiger partial charge in [0.15, 0.2) is 0 Å². The first-order valence-electron chi connectivity index (χ1n) is 8.04. The molecule has 132 valence electrons. The van der Waals surface area contributed by atoms with Gasteiger partial charge in [-0.15, -0.1) is 0 Å². The quantitative estimate of drug-likeness (QED) is 0.655. The van der Waals surface area contributed by atoms with Crippen LogP contribution in [0, 0.1) is 0 Å². The van der Waals surface area contributed by atoms with Crippen LogP contribution in [0.3, 0.4) is 0 Å². The minimum Gasteiger partial charge on any atom is -0.379 e. The van der Waals surface area contributed by atoms with E-state index in [-0.39, 0.29) is 0 Å². The zero-order valence-corrected chi connectivity index (χ0v) is 13.5. The molecule has 0 atom stereocenters. The van der Waals surface area contributed by atoms with Crippen molar-refractivity contribution in [1.29, 1.82) is 0 Å². The maximum Gasteiger partial charge on any atom is 0.146 e. The predicted molar refractivity (Wildman–Crippen MR) is 80.1 cm³/mol. The van der Waals surface area contributed by atoms with E-state index in [1.165, 1.54) is 0 Å². The summed E-state index contributed by atoms with van der Waals surface area (Å²) >= 11 is 0. The lowest BCUT2D eigenvalue weighted by molar-refractivity contribution is -0.0657. The molecule has 7 heteroatoms. The van der Waals surface area contributed by atoms with Gasteiger partial charge in [-0.3, -0.25) is 0 Å². The van der Waals surface area contributed by atoms with Crippen molar-refractivity contribution >= 4 is 0 Å². The highest BCUT2D eigenvalue weighted by Gasteiger charge is 1.95. The largest absolute Gasteiger partial charge is 0.379 e. The molecule has 1 aliphatic rings. The van der Waals surface area contributed by atoms with Gasteiger partial charge in [-0.05, 0) is 12.8 Å². The molecule has 1 saturated heterocycles. The average Bonchev–Trinajstić information content (AvgIpc) is 2.53. The maximum absolute atomic E-state index is 5.42. The molecular weight excluding hydrogens is 292 g/mol. The Labute approximate surface area is 133 Å². The van der Waals surface area contributed by atoms with Crippen LogP contribution < -0.4 is 0 Å². The molecule has 1 fully saturated rings. The fourth-order valence-electron chi connectivity index (χ4n) is 1.68. The van der Waals surface area contributed by atoms with Crippen LogP contribution >= 0.6 is 0 Å². The molecule has 0 aromatic rings. The number of hydrogen-bond donors (Lipinski definition) is 0. The Kier molecular flexibility index (Phi) is 15.3. The lowest BCUT2D eigenvalue weighted by Gasteiger charge is -2.09. The standard InChI is InChI=1S/C15H30O7/c1-3-16-7-9-18-11-13-20-14-12-19-10-8-17-4-2-6-22-15-21-5-1/h1-15H2. The number of ether oxygens (including phenoxy) is 7. The van der Waals surface area contributed by atoms with Gasteiger partial charge in [-0.1, -0.05) is 0 Å². The van der Waals surface area contributed by atoms with Crippen molar-refractivity contribution in [3.8, 4) is 0 Å². The van der Waals surface area contributed by atoms with Crippen LogP contribution in [0.4, 0.5) is 0 Å². The summed E-state index contributed by atoms with van der Waals surface area (Å²) in [7, 11) is 0. The second-order valence-electron chi connectivity index (χ2n) is 4.70. The Morgan fingerprint density at radius 3 is 0.909 bits per heavy atom. The fourth-order valence-corrected chi connectivity index (χ4v) is 1.68. The van der Waals surface area contributed by atoms with Crippen molar-refractivity contribution in [3.05, 3.63) is 0 Å². The lowest BCUT2D eigenvalue weighted by atomic mass is 10.5. The van der Waals surface area contributed by atoms with Crippen molar-refractivity contribution in [2.75, 3.05) is 86.1 Å². The zero-order chi connectivity index (χ0) is 15.6. The minimum atomic E-state index is 0.326. The summed E-state index contributed by atoms with van der Waals surface area (Å²) in [6.45, 7) is 7.62. The summed E-state index contributed by atoms with van der Waals surface area (Å²) in [6, 6.07) is 0. The molecule has 0 N–H and O–H groups in total. The second-order valence-corrected chi connectivity index (χ2v) is 4.70.